The number of nitrogens with zero attached hydrogens (tertiary/aromatic N) is 1. The Kier molecular flexibility index (Phi) is 4.96. The van der Waals surface area contributed by atoms with E-state index in [-0.39, 0.29) is 0 Å². The van der Waals surface area contributed by atoms with E-state index in [0.29, 0.717) is 16.3 Å². The van der Waals surface area contributed by atoms with Gasteiger partial charge in [-0.05, 0) is 25.5 Å². The fourth-order valence-electron chi connectivity index (χ4n) is 1.95. The third-order valence-electron chi connectivity index (χ3n) is 3.37. The lowest BCUT2D eigenvalue weighted by Crippen LogP contribution is -2.40. The third-order valence-corrected chi connectivity index (χ3v) is 3.70. The summed E-state index contributed by atoms with van der Waals surface area (Å²) in [5.74, 6) is -0.606. The second-order valence-electron chi connectivity index (χ2n) is 5.06. The summed E-state index contributed by atoms with van der Waals surface area (Å²) in [5, 5.41) is 15.0. The van der Waals surface area contributed by atoms with Crippen LogP contribution < -0.4 is 5.43 Å². The molecule has 0 saturated carbocycles. The van der Waals surface area contributed by atoms with Crippen molar-refractivity contribution in [3.8, 4) is 0 Å². The normalized spacial score (nSPS) is 14.3. The topological polar surface area (TPSA) is 61.7 Å². The number of carbonyl (C=O) groups excluding carboxylic acids is 1. The molecule has 1 unspecified atom stereocenters. The molecule has 2 N–H and O–H groups in total. The highest BCUT2D eigenvalue weighted by Crippen LogP contribution is 2.20. The number of hydrazone groups is 1. The van der Waals surface area contributed by atoms with Crippen LogP contribution in [-0.2, 0) is 10.4 Å². The van der Waals surface area contributed by atoms with Gasteiger partial charge in [-0.25, -0.2) is 5.43 Å². The maximum atomic E-state index is 12.2. The summed E-state index contributed by atoms with van der Waals surface area (Å²) >= 11 is 6.08. The fraction of sp³-hybridized carbons (Fsp3) is 0.176. The minimum absolute atomic E-state index is 0.498. The Bertz CT molecular complexity index is 697. The molecule has 2 aromatic rings. The third kappa shape index (κ3) is 3.53. The van der Waals surface area contributed by atoms with Crippen molar-refractivity contribution in [2.24, 2.45) is 5.10 Å². The van der Waals surface area contributed by atoms with Gasteiger partial charge < -0.3 is 5.11 Å². The van der Waals surface area contributed by atoms with Crippen LogP contribution >= 0.6 is 11.6 Å². The van der Waals surface area contributed by atoms with Gasteiger partial charge in [-0.2, -0.15) is 5.10 Å². The number of carbonyl (C=O) groups is 1. The van der Waals surface area contributed by atoms with Gasteiger partial charge in [0.25, 0.3) is 5.91 Å². The molecule has 0 fully saturated rings. The zero-order chi connectivity index (χ0) is 16.2. The molecule has 0 heterocycles. The van der Waals surface area contributed by atoms with E-state index in [2.05, 4.69) is 10.5 Å². The maximum Gasteiger partial charge on any atom is 0.276 e. The lowest BCUT2D eigenvalue weighted by molar-refractivity contribution is -0.138. The number of halogens is 1. The highest BCUT2D eigenvalue weighted by molar-refractivity contribution is 6.34. The summed E-state index contributed by atoms with van der Waals surface area (Å²) in [6, 6.07) is 15.9. The monoisotopic (exact) mass is 316 g/mol. The van der Waals surface area contributed by atoms with Crippen molar-refractivity contribution in [3.63, 3.8) is 0 Å². The minimum Gasteiger partial charge on any atom is -0.375 e. The quantitative estimate of drug-likeness (QED) is 0.672. The van der Waals surface area contributed by atoms with E-state index in [1.54, 1.807) is 37.3 Å². The zero-order valence-corrected chi connectivity index (χ0v) is 13.1. The van der Waals surface area contributed by atoms with Crippen LogP contribution in [0.15, 0.2) is 59.7 Å². The van der Waals surface area contributed by atoms with Gasteiger partial charge in [0.15, 0.2) is 5.60 Å². The van der Waals surface area contributed by atoms with Gasteiger partial charge in [0.1, 0.15) is 0 Å². The highest BCUT2D eigenvalue weighted by atomic mass is 35.5. The van der Waals surface area contributed by atoms with Crippen LogP contribution in [0.2, 0.25) is 5.02 Å². The van der Waals surface area contributed by atoms with E-state index in [1.165, 1.54) is 6.92 Å². The Balaban J connectivity index is 2.16. The van der Waals surface area contributed by atoms with Crippen LogP contribution in [0.1, 0.15) is 25.0 Å². The van der Waals surface area contributed by atoms with Crippen LogP contribution in [-0.4, -0.2) is 16.7 Å². The molecular weight excluding hydrogens is 300 g/mol. The molecule has 0 aliphatic rings. The molecule has 1 amide bonds. The van der Waals surface area contributed by atoms with Crippen molar-refractivity contribution < 1.29 is 9.90 Å². The molecule has 0 aliphatic carbocycles. The number of benzene rings is 2. The summed E-state index contributed by atoms with van der Waals surface area (Å²) in [6.07, 6.45) is 0. The number of amides is 1. The highest BCUT2D eigenvalue weighted by Gasteiger charge is 2.32. The molecule has 1 atom stereocenters. The van der Waals surface area contributed by atoms with Crippen LogP contribution in [0.3, 0.4) is 0 Å². The molecule has 0 aromatic heterocycles. The van der Waals surface area contributed by atoms with E-state index in [4.69, 9.17) is 11.6 Å². The number of nitrogens with one attached hydrogen (secondary N) is 1. The molecule has 114 valence electrons. The van der Waals surface area contributed by atoms with Gasteiger partial charge in [-0.3, -0.25) is 4.79 Å². The van der Waals surface area contributed by atoms with Crippen molar-refractivity contribution >= 4 is 23.2 Å². The first-order chi connectivity index (χ1) is 10.4. The molecule has 2 rings (SSSR count). The summed E-state index contributed by atoms with van der Waals surface area (Å²) < 4.78 is 0. The standard InChI is InChI=1S/C17H17ClN2O2/c1-12(14-10-6-7-11-15(14)18)19-20-16(21)17(2,22)13-8-4-3-5-9-13/h3-11,22H,1-2H3,(H,20,21)/b19-12-. The number of aliphatic hydroxyl groups is 1. The average molecular weight is 317 g/mol. The summed E-state index contributed by atoms with van der Waals surface area (Å²) in [5.41, 5.74) is 2.51. The van der Waals surface area contributed by atoms with Crippen molar-refractivity contribution in [2.45, 2.75) is 19.4 Å². The van der Waals surface area contributed by atoms with Crippen LogP contribution in [0, 0.1) is 0 Å². The maximum absolute atomic E-state index is 12.2. The summed E-state index contributed by atoms with van der Waals surface area (Å²) in [7, 11) is 0. The first kappa shape index (κ1) is 16.2. The largest absolute Gasteiger partial charge is 0.375 e. The lowest BCUT2D eigenvalue weighted by Gasteiger charge is -2.21. The Morgan fingerprint density at radius 2 is 1.73 bits per heavy atom. The predicted octanol–water partition coefficient (Wildman–Crippen LogP) is 3.09. The molecule has 4 nitrogen and oxygen atoms in total. The predicted molar refractivity (Wildman–Crippen MR) is 87.8 cm³/mol. The van der Waals surface area contributed by atoms with E-state index < -0.39 is 11.5 Å². The average Bonchev–Trinajstić information content (AvgIpc) is 2.53. The van der Waals surface area contributed by atoms with Crippen LogP contribution in [0.25, 0.3) is 0 Å². The van der Waals surface area contributed by atoms with Crippen molar-refractivity contribution in [2.75, 3.05) is 0 Å². The molecule has 0 bridgehead atoms. The molecular formula is C17H17ClN2O2. The van der Waals surface area contributed by atoms with Gasteiger partial charge in [0.05, 0.1) is 5.71 Å². The Labute approximate surface area is 134 Å². The Morgan fingerprint density at radius 1 is 1.14 bits per heavy atom. The summed E-state index contributed by atoms with van der Waals surface area (Å²) in [6.45, 7) is 3.16. The van der Waals surface area contributed by atoms with Gasteiger partial charge in [0.2, 0.25) is 0 Å². The van der Waals surface area contributed by atoms with Gasteiger partial charge in [-0.1, -0.05) is 60.1 Å². The molecule has 5 heteroatoms. The van der Waals surface area contributed by atoms with Crippen LogP contribution in [0.4, 0.5) is 0 Å². The van der Waals surface area contributed by atoms with E-state index >= 15 is 0 Å². The first-order valence-electron chi connectivity index (χ1n) is 6.80. The van der Waals surface area contributed by atoms with Crippen molar-refractivity contribution in [1.82, 2.24) is 5.43 Å². The number of hydrogen-bond donors (Lipinski definition) is 2. The SMILES string of the molecule is C/C(=N/NC(=O)C(C)(O)c1ccccc1)c1ccccc1Cl. The molecule has 0 spiro atoms. The smallest absolute Gasteiger partial charge is 0.276 e. The first-order valence-corrected chi connectivity index (χ1v) is 7.18. The second-order valence-corrected chi connectivity index (χ2v) is 5.46. The van der Waals surface area contributed by atoms with E-state index in [9.17, 15) is 9.90 Å². The van der Waals surface area contributed by atoms with Gasteiger partial charge in [-0.15, -0.1) is 0 Å². The van der Waals surface area contributed by atoms with E-state index in [0.717, 1.165) is 5.56 Å². The molecule has 0 saturated heterocycles. The minimum atomic E-state index is -1.66. The lowest BCUT2D eigenvalue weighted by atomic mass is 9.95. The van der Waals surface area contributed by atoms with Gasteiger partial charge in [0, 0.05) is 10.6 Å². The second kappa shape index (κ2) is 6.73. The summed E-state index contributed by atoms with van der Waals surface area (Å²) in [4.78, 5) is 12.2. The zero-order valence-electron chi connectivity index (χ0n) is 12.4. The molecule has 22 heavy (non-hydrogen) atoms. The Hall–Kier alpha value is -2.17. The molecule has 2 aromatic carbocycles. The fourth-order valence-corrected chi connectivity index (χ4v) is 2.22. The van der Waals surface area contributed by atoms with Gasteiger partial charge >= 0.3 is 0 Å². The number of hydrogen-bond acceptors (Lipinski definition) is 3. The van der Waals surface area contributed by atoms with E-state index in [1.807, 2.05) is 24.3 Å². The van der Waals surface area contributed by atoms with Crippen molar-refractivity contribution in [3.05, 3.63) is 70.7 Å². The number of rotatable bonds is 4. The molecule has 0 radical (unpaired) electrons. The van der Waals surface area contributed by atoms with Crippen LogP contribution in [0.5, 0.6) is 0 Å². The van der Waals surface area contributed by atoms with Crippen molar-refractivity contribution in [1.29, 1.82) is 0 Å². The molecule has 0 aliphatic heterocycles. The Morgan fingerprint density at radius 3 is 2.36 bits per heavy atom.